The minimum absolute atomic E-state index is 0.240. The SMILES string of the molecule is Cc1ccc(C)c(S(=O)(=O)Nc2ccc(C(=O)NC(C)(C)CN)cc2)c1. The molecule has 0 heterocycles. The molecule has 0 unspecified atom stereocenters. The van der Waals surface area contributed by atoms with Crippen LogP contribution >= 0.6 is 0 Å². The smallest absolute Gasteiger partial charge is 0.262 e. The molecule has 0 aromatic heterocycles. The quantitative estimate of drug-likeness (QED) is 0.722. The molecule has 0 fully saturated rings. The van der Waals surface area contributed by atoms with Gasteiger partial charge >= 0.3 is 0 Å². The first kappa shape index (κ1) is 19.9. The first-order valence-corrected chi connectivity index (χ1v) is 9.75. The molecule has 0 aliphatic carbocycles. The highest BCUT2D eigenvalue weighted by Gasteiger charge is 2.20. The zero-order valence-electron chi connectivity index (χ0n) is 15.5. The van der Waals surface area contributed by atoms with Crippen LogP contribution in [0.4, 0.5) is 5.69 Å². The Labute approximate surface area is 154 Å². The van der Waals surface area contributed by atoms with E-state index in [1.54, 1.807) is 43.3 Å². The predicted octanol–water partition coefficient (Wildman–Crippen LogP) is 2.57. The number of nitrogens with one attached hydrogen (secondary N) is 2. The average Bonchev–Trinajstić information content (AvgIpc) is 2.57. The van der Waals surface area contributed by atoms with E-state index in [1.807, 2.05) is 26.8 Å². The molecule has 2 aromatic rings. The van der Waals surface area contributed by atoms with Crippen LogP contribution < -0.4 is 15.8 Å². The zero-order valence-corrected chi connectivity index (χ0v) is 16.3. The number of carbonyl (C=O) groups is 1. The fourth-order valence-corrected chi connectivity index (χ4v) is 3.72. The van der Waals surface area contributed by atoms with Crippen molar-refractivity contribution in [2.45, 2.75) is 38.1 Å². The first-order chi connectivity index (χ1) is 12.0. The van der Waals surface area contributed by atoms with Gasteiger partial charge in [0.2, 0.25) is 0 Å². The van der Waals surface area contributed by atoms with Crippen LogP contribution in [0.15, 0.2) is 47.4 Å². The highest BCUT2D eigenvalue weighted by atomic mass is 32.2. The van der Waals surface area contributed by atoms with Crippen LogP contribution in [-0.2, 0) is 10.0 Å². The summed E-state index contributed by atoms with van der Waals surface area (Å²) in [5.41, 5.74) is 7.46. The van der Waals surface area contributed by atoms with Crippen LogP contribution in [-0.4, -0.2) is 26.4 Å². The molecule has 4 N–H and O–H groups in total. The summed E-state index contributed by atoms with van der Waals surface area (Å²) >= 11 is 0. The molecule has 0 spiro atoms. The summed E-state index contributed by atoms with van der Waals surface area (Å²) in [6.07, 6.45) is 0. The van der Waals surface area contributed by atoms with Crippen molar-refractivity contribution in [2.75, 3.05) is 11.3 Å². The Morgan fingerprint density at radius 2 is 1.69 bits per heavy atom. The van der Waals surface area contributed by atoms with E-state index >= 15 is 0 Å². The van der Waals surface area contributed by atoms with E-state index in [0.717, 1.165) is 5.56 Å². The van der Waals surface area contributed by atoms with Crippen LogP contribution in [0.3, 0.4) is 0 Å². The summed E-state index contributed by atoms with van der Waals surface area (Å²) in [6, 6.07) is 11.5. The summed E-state index contributed by atoms with van der Waals surface area (Å²) in [4.78, 5) is 12.5. The van der Waals surface area contributed by atoms with Gasteiger partial charge in [0.1, 0.15) is 0 Å². The van der Waals surface area contributed by atoms with E-state index in [4.69, 9.17) is 5.73 Å². The minimum atomic E-state index is -3.70. The van der Waals surface area contributed by atoms with Crippen molar-refractivity contribution >= 4 is 21.6 Å². The summed E-state index contributed by atoms with van der Waals surface area (Å²) in [5, 5.41) is 2.83. The third-order valence-corrected chi connectivity index (χ3v) is 5.52. The molecule has 0 aliphatic heterocycles. The van der Waals surface area contributed by atoms with E-state index in [1.165, 1.54) is 0 Å². The molecule has 0 saturated heterocycles. The molecule has 6 nitrogen and oxygen atoms in total. The number of benzene rings is 2. The van der Waals surface area contributed by atoms with Gasteiger partial charge in [-0.3, -0.25) is 9.52 Å². The molecule has 0 atom stereocenters. The molecule has 0 saturated carbocycles. The Kier molecular flexibility index (Phi) is 5.73. The van der Waals surface area contributed by atoms with Gasteiger partial charge in [0.25, 0.3) is 15.9 Å². The van der Waals surface area contributed by atoms with Crippen molar-refractivity contribution in [3.05, 3.63) is 59.2 Å². The van der Waals surface area contributed by atoms with Gasteiger partial charge in [-0.15, -0.1) is 0 Å². The van der Waals surface area contributed by atoms with Gasteiger partial charge in [-0.05, 0) is 69.2 Å². The Morgan fingerprint density at radius 3 is 2.27 bits per heavy atom. The summed E-state index contributed by atoms with van der Waals surface area (Å²) < 4.78 is 27.8. The molecule has 0 aliphatic rings. The second kappa shape index (κ2) is 7.47. The van der Waals surface area contributed by atoms with Gasteiger partial charge in [-0.1, -0.05) is 12.1 Å². The first-order valence-electron chi connectivity index (χ1n) is 8.27. The predicted molar refractivity (Wildman–Crippen MR) is 104 cm³/mol. The highest BCUT2D eigenvalue weighted by molar-refractivity contribution is 7.92. The number of hydrogen-bond acceptors (Lipinski definition) is 4. The number of nitrogens with two attached hydrogens (primary N) is 1. The van der Waals surface area contributed by atoms with Gasteiger partial charge in [-0.2, -0.15) is 0 Å². The van der Waals surface area contributed by atoms with E-state index in [-0.39, 0.29) is 10.8 Å². The van der Waals surface area contributed by atoms with Crippen LogP contribution in [0.25, 0.3) is 0 Å². The van der Waals surface area contributed by atoms with Gasteiger partial charge < -0.3 is 11.1 Å². The van der Waals surface area contributed by atoms with E-state index in [2.05, 4.69) is 10.0 Å². The number of anilines is 1. The molecular formula is C19H25N3O3S. The lowest BCUT2D eigenvalue weighted by Gasteiger charge is -2.24. The Morgan fingerprint density at radius 1 is 1.08 bits per heavy atom. The Balaban J connectivity index is 2.19. The molecule has 140 valence electrons. The lowest BCUT2D eigenvalue weighted by Crippen LogP contribution is -2.48. The molecule has 7 heteroatoms. The molecule has 0 bridgehead atoms. The lowest BCUT2D eigenvalue weighted by molar-refractivity contribution is 0.0915. The molecule has 0 radical (unpaired) electrons. The number of hydrogen-bond donors (Lipinski definition) is 3. The van der Waals surface area contributed by atoms with Crippen molar-refractivity contribution in [3.8, 4) is 0 Å². The largest absolute Gasteiger partial charge is 0.346 e. The maximum absolute atomic E-state index is 12.6. The number of amides is 1. The number of rotatable bonds is 6. The standard InChI is InChI=1S/C19H25N3O3S/c1-13-5-6-14(2)17(11-13)26(24,25)22-16-9-7-15(8-10-16)18(23)21-19(3,4)12-20/h5-11,22H,12,20H2,1-4H3,(H,21,23). The number of carbonyl (C=O) groups excluding carboxylic acids is 1. The topological polar surface area (TPSA) is 101 Å². The van der Waals surface area contributed by atoms with Gasteiger partial charge in [0, 0.05) is 23.3 Å². The van der Waals surface area contributed by atoms with Crippen molar-refractivity contribution in [1.29, 1.82) is 0 Å². The second-order valence-electron chi connectivity index (χ2n) is 6.99. The maximum atomic E-state index is 12.6. The Bertz CT molecular complexity index is 904. The molecular weight excluding hydrogens is 350 g/mol. The van der Waals surface area contributed by atoms with Gasteiger partial charge in [0.15, 0.2) is 0 Å². The van der Waals surface area contributed by atoms with Gasteiger partial charge in [0.05, 0.1) is 4.90 Å². The highest BCUT2D eigenvalue weighted by Crippen LogP contribution is 2.21. The average molecular weight is 375 g/mol. The fourth-order valence-electron chi connectivity index (χ4n) is 2.33. The fraction of sp³-hybridized carbons (Fsp3) is 0.316. The van der Waals surface area contributed by atoms with E-state index in [0.29, 0.717) is 23.4 Å². The third-order valence-electron chi connectivity index (χ3n) is 3.99. The second-order valence-corrected chi connectivity index (χ2v) is 8.64. The van der Waals surface area contributed by atoms with E-state index in [9.17, 15) is 13.2 Å². The van der Waals surface area contributed by atoms with E-state index < -0.39 is 15.6 Å². The van der Waals surface area contributed by atoms with Crippen LogP contribution in [0.1, 0.15) is 35.3 Å². The monoisotopic (exact) mass is 375 g/mol. The third kappa shape index (κ3) is 4.83. The summed E-state index contributed by atoms with van der Waals surface area (Å²) in [5.74, 6) is -0.260. The summed E-state index contributed by atoms with van der Waals surface area (Å²) in [7, 11) is -3.70. The normalized spacial score (nSPS) is 11.9. The maximum Gasteiger partial charge on any atom is 0.262 e. The zero-order chi connectivity index (χ0) is 19.5. The lowest BCUT2D eigenvalue weighted by atomic mass is 10.1. The summed E-state index contributed by atoms with van der Waals surface area (Å²) in [6.45, 7) is 7.57. The molecule has 2 aromatic carbocycles. The van der Waals surface area contributed by atoms with Crippen LogP contribution in [0, 0.1) is 13.8 Å². The Hall–Kier alpha value is -2.38. The van der Waals surface area contributed by atoms with Crippen molar-refractivity contribution in [1.82, 2.24) is 5.32 Å². The van der Waals surface area contributed by atoms with Crippen molar-refractivity contribution < 1.29 is 13.2 Å². The number of aryl methyl sites for hydroxylation is 2. The molecule has 2 rings (SSSR count). The van der Waals surface area contributed by atoms with Crippen LogP contribution in [0.2, 0.25) is 0 Å². The molecule has 1 amide bonds. The van der Waals surface area contributed by atoms with Crippen molar-refractivity contribution in [2.24, 2.45) is 5.73 Å². The molecule has 26 heavy (non-hydrogen) atoms. The van der Waals surface area contributed by atoms with Gasteiger partial charge in [-0.25, -0.2) is 8.42 Å². The van der Waals surface area contributed by atoms with Crippen molar-refractivity contribution in [3.63, 3.8) is 0 Å². The minimum Gasteiger partial charge on any atom is -0.346 e. The van der Waals surface area contributed by atoms with Crippen LogP contribution in [0.5, 0.6) is 0 Å². The number of sulfonamides is 1.